The zero-order chi connectivity index (χ0) is 13.6. The van der Waals surface area contributed by atoms with Gasteiger partial charge in [0.2, 0.25) is 0 Å². The molecule has 19 heavy (non-hydrogen) atoms. The molecule has 0 spiro atoms. The van der Waals surface area contributed by atoms with Gasteiger partial charge < -0.3 is 10.4 Å². The van der Waals surface area contributed by atoms with Crippen LogP contribution in [-0.2, 0) is 0 Å². The Hall–Kier alpha value is -0.560. The number of aliphatic hydroxyl groups is 1. The molecular weight excluding hydrogens is 236 g/mol. The topological polar surface area (TPSA) is 35.5 Å². The van der Waals surface area contributed by atoms with Gasteiger partial charge in [0.05, 0.1) is 6.54 Å². The van der Waals surface area contributed by atoms with E-state index in [1.165, 1.54) is 44.9 Å². The summed E-state index contributed by atoms with van der Waals surface area (Å²) in [6, 6.07) is 0.611. The predicted molar refractivity (Wildman–Crippen MR) is 78.9 cm³/mol. The van der Waals surface area contributed by atoms with Crippen LogP contribution < -0.4 is 5.32 Å². The minimum atomic E-state index is 0.161. The summed E-state index contributed by atoms with van der Waals surface area (Å²) in [7, 11) is 0. The van der Waals surface area contributed by atoms with Crippen LogP contribution >= 0.6 is 0 Å². The first-order chi connectivity index (χ1) is 9.28. The van der Waals surface area contributed by atoms with Gasteiger partial charge in [0, 0.05) is 37.7 Å². The Balaban J connectivity index is 1.72. The summed E-state index contributed by atoms with van der Waals surface area (Å²) in [5, 5.41) is 13.4. The van der Waals surface area contributed by atoms with Gasteiger partial charge in [-0.3, -0.25) is 4.90 Å². The molecule has 0 bridgehead atoms. The molecule has 0 atom stereocenters. The average Bonchev–Trinajstić information content (AvgIpc) is 2.48. The van der Waals surface area contributed by atoms with E-state index in [-0.39, 0.29) is 5.41 Å². The fourth-order valence-electron chi connectivity index (χ4n) is 3.48. The van der Waals surface area contributed by atoms with E-state index in [1.807, 2.05) is 0 Å². The molecule has 3 nitrogen and oxygen atoms in total. The molecule has 1 saturated heterocycles. The Bertz CT molecular complexity index is 296. The third kappa shape index (κ3) is 4.21. The molecule has 1 aliphatic heterocycles. The molecular formula is C16H28N2O. The summed E-state index contributed by atoms with van der Waals surface area (Å²) in [5.74, 6) is 2.72. The number of nitrogens with zero attached hydrogens (tertiary/aromatic N) is 1. The van der Waals surface area contributed by atoms with Crippen molar-refractivity contribution in [2.75, 3.05) is 32.8 Å². The number of piperidine rings is 1. The summed E-state index contributed by atoms with van der Waals surface area (Å²) in [5.41, 5.74) is 0.161. The summed E-state index contributed by atoms with van der Waals surface area (Å²) < 4.78 is 0. The molecule has 0 unspecified atom stereocenters. The summed E-state index contributed by atoms with van der Waals surface area (Å²) >= 11 is 0. The number of rotatable bonds is 5. The number of likely N-dealkylation sites (tertiary alicyclic amines) is 1. The SMILES string of the molecule is C#CCN1CCC(NCC2(CO)CCCCC2)CC1. The second kappa shape index (κ2) is 7.28. The first-order valence-electron chi connectivity index (χ1n) is 7.78. The van der Waals surface area contributed by atoms with E-state index in [1.54, 1.807) is 0 Å². The fraction of sp³-hybridized carbons (Fsp3) is 0.875. The molecule has 1 aliphatic carbocycles. The highest BCUT2D eigenvalue weighted by atomic mass is 16.3. The van der Waals surface area contributed by atoms with Crippen molar-refractivity contribution < 1.29 is 5.11 Å². The van der Waals surface area contributed by atoms with Gasteiger partial charge in [0.15, 0.2) is 0 Å². The lowest BCUT2D eigenvalue weighted by Gasteiger charge is -2.38. The van der Waals surface area contributed by atoms with Crippen molar-refractivity contribution in [1.82, 2.24) is 10.2 Å². The molecule has 0 radical (unpaired) electrons. The molecule has 0 aromatic carbocycles. The number of hydrogen-bond acceptors (Lipinski definition) is 3. The third-order valence-electron chi connectivity index (χ3n) is 4.92. The van der Waals surface area contributed by atoms with Gasteiger partial charge in [-0.25, -0.2) is 0 Å². The van der Waals surface area contributed by atoms with E-state index in [0.717, 1.165) is 26.2 Å². The summed E-state index contributed by atoms with van der Waals surface area (Å²) in [6.45, 7) is 4.33. The predicted octanol–water partition coefficient (Wildman–Crippen LogP) is 1.62. The first-order valence-corrected chi connectivity index (χ1v) is 7.78. The van der Waals surface area contributed by atoms with Crippen LogP contribution in [-0.4, -0.2) is 48.8 Å². The van der Waals surface area contributed by atoms with Crippen LogP contribution in [0.15, 0.2) is 0 Å². The maximum absolute atomic E-state index is 9.71. The van der Waals surface area contributed by atoms with Crippen molar-refractivity contribution >= 4 is 0 Å². The number of hydrogen-bond donors (Lipinski definition) is 2. The quantitative estimate of drug-likeness (QED) is 0.741. The Morgan fingerprint density at radius 2 is 1.89 bits per heavy atom. The van der Waals surface area contributed by atoms with Crippen LogP contribution in [0.25, 0.3) is 0 Å². The average molecular weight is 264 g/mol. The highest BCUT2D eigenvalue weighted by molar-refractivity contribution is 4.91. The van der Waals surface area contributed by atoms with Crippen LogP contribution in [0.3, 0.4) is 0 Å². The van der Waals surface area contributed by atoms with Crippen molar-refractivity contribution in [3.8, 4) is 12.3 Å². The molecule has 2 N–H and O–H groups in total. The van der Waals surface area contributed by atoms with Crippen LogP contribution in [0.4, 0.5) is 0 Å². The molecule has 2 fully saturated rings. The molecule has 0 amide bonds. The molecule has 2 aliphatic rings. The second-order valence-corrected chi connectivity index (χ2v) is 6.35. The van der Waals surface area contributed by atoms with Crippen molar-refractivity contribution in [3.05, 3.63) is 0 Å². The lowest BCUT2D eigenvalue weighted by atomic mass is 9.74. The van der Waals surface area contributed by atoms with Gasteiger partial charge >= 0.3 is 0 Å². The summed E-state index contributed by atoms with van der Waals surface area (Å²) in [6.07, 6.45) is 14.0. The molecule has 0 aromatic rings. The second-order valence-electron chi connectivity index (χ2n) is 6.35. The van der Waals surface area contributed by atoms with E-state index < -0.39 is 0 Å². The maximum Gasteiger partial charge on any atom is 0.0598 e. The van der Waals surface area contributed by atoms with Gasteiger partial charge in [-0.05, 0) is 25.7 Å². The van der Waals surface area contributed by atoms with Crippen molar-refractivity contribution in [3.63, 3.8) is 0 Å². The van der Waals surface area contributed by atoms with Gasteiger partial charge in [-0.2, -0.15) is 0 Å². The number of nitrogens with one attached hydrogen (secondary N) is 1. The number of terminal acetylenes is 1. The smallest absolute Gasteiger partial charge is 0.0598 e. The molecule has 108 valence electrons. The Kier molecular flexibility index (Phi) is 5.69. The van der Waals surface area contributed by atoms with E-state index in [2.05, 4.69) is 16.1 Å². The van der Waals surface area contributed by atoms with Crippen molar-refractivity contribution in [2.24, 2.45) is 5.41 Å². The zero-order valence-corrected chi connectivity index (χ0v) is 12.0. The zero-order valence-electron chi connectivity index (χ0n) is 12.0. The van der Waals surface area contributed by atoms with E-state index in [9.17, 15) is 5.11 Å². The first kappa shape index (κ1) is 14.8. The molecule has 2 rings (SSSR count). The molecule has 1 saturated carbocycles. The molecule has 0 aromatic heterocycles. The van der Waals surface area contributed by atoms with E-state index in [0.29, 0.717) is 12.6 Å². The Morgan fingerprint density at radius 3 is 2.47 bits per heavy atom. The lowest BCUT2D eigenvalue weighted by molar-refractivity contribution is 0.0745. The lowest BCUT2D eigenvalue weighted by Crippen LogP contribution is -2.47. The highest BCUT2D eigenvalue weighted by Gasteiger charge is 2.32. The maximum atomic E-state index is 9.71. The third-order valence-corrected chi connectivity index (χ3v) is 4.92. The van der Waals surface area contributed by atoms with Gasteiger partial charge in [-0.1, -0.05) is 25.2 Å². The number of aliphatic hydroxyl groups excluding tert-OH is 1. The van der Waals surface area contributed by atoms with Gasteiger partial charge in [0.25, 0.3) is 0 Å². The van der Waals surface area contributed by atoms with Crippen molar-refractivity contribution in [1.29, 1.82) is 0 Å². The Morgan fingerprint density at radius 1 is 1.21 bits per heavy atom. The van der Waals surface area contributed by atoms with Crippen LogP contribution in [0, 0.1) is 17.8 Å². The van der Waals surface area contributed by atoms with E-state index in [4.69, 9.17) is 6.42 Å². The monoisotopic (exact) mass is 264 g/mol. The standard InChI is InChI=1S/C16H28N2O/c1-2-10-18-11-6-15(7-12-18)17-13-16(14-19)8-4-3-5-9-16/h1,15,17,19H,3-14H2. The highest BCUT2D eigenvalue weighted by Crippen LogP contribution is 2.35. The molecule has 3 heteroatoms. The normalized spacial score (nSPS) is 25.1. The minimum absolute atomic E-state index is 0.161. The van der Waals surface area contributed by atoms with Crippen molar-refractivity contribution in [2.45, 2.75) is 51.0 Å². The van der Waals surface area contributed by atoms with Gasteiger partial charge in [-0.15, -0.1) is 6.42 Å². The van der Waals surface area contributed by atoms with E-state index >= 15 is 0 Å². The molecule has 1 heterocycles. The Labute approximate surface area is 117 Å². The van der Waals surface area contributed by atoms with Gasteiger partial charge in [0.1, 0.15) is 0 Å². The summed E-state index contributed by atoms with van der Waals surface area (Å²) in [4.78, 5) is 2.35. The van der Waals surface area contributed by atoms with Crippen LogP contribution in [0.2, 0.25) is 0 Å². The minimum Gasteiger partial charge on any atom is -0.396 e. The largest absolute Gasteiger partial charge is 0.396 e. The van der Waals surface area contributed by atoms with Crippen LogP contribution in [0.1, 0.15) is 44.9 Å². The fourth-order valence-corrected chi connectivity index (χ4v) is 3.48. The van der Waals surface area contributed by atoms with Crippen LogP contribution in [0.5, 0.6) is 0 Å².